The third kappa shape index (κ3) is 3.47. The van der Waals surface area contributed by atoms with Gasteiger partial charge in [0.15, 0.2) is 0 Å². The van der Waals surface area contributed by atoms with Crippen molar-refractivity contribution in [3.05, 3.63) is 30.3 Å². The Morgan fingerprint density at radius 2 is 2.00 bits per heavy atom. The lowest BCUT2D eigenvalue weighted by atomic mass is 10.2. The molecular formula is C14H20N2O2. The van der Waals surface area contributed by atoms with Crippen LogP contribution in [0.4, 0.5) is 5.69 Å². The van der Waals surface area contributed by atoms with E-state index in [4.69, 9.17) is 4.74 Å². The molecule has 98 valence electrons. The Kier molecular flexibility index (Phi) is 4.59. The Morgan fingerprint density at radius 1 is 1.33 bits per heavy atom. The van der Waals surface area contributed by atoms with Crippen LogP contribution in [0.5, 0.6) is 0 Å². The van der Waals surface area contributed by atoms with Crippen molar-refractivity contribution in [2.75, 3.05) is 32.1 Å². The molecule has 4 nitrogen and oxygen atoms in total. The molecule has 1 N–H and O–H groups in total. The van der Waals surface area contributed by atoms with E-state index in [1.165, 1.54) is 20.0 Å². The van der Waals surface area contributed by atoms with Gasteiger partial charge in [0, 0.05) is 12.2 Å². The van der Waals surface area contributed by atoms with Crippen molar-refractivity contribution in [2.45, 2.75) is 18.9 Å². The van der Waals surface area contributed by atoms with Gasteiger partial charge in [0.25, 0.3) is 0 Å². The Bertz CT molecular complexity index is 375. The molecule has 0 aliphatic carbocycles. The van der Waals surface area contributed by atoms with Gasteiger partial charge in [0.05, 0.1) is 7.11 Å². The minimum Gasteiger partial charge on any atom is -0.467 e. The number of carbonyl (C=O) groups excluding carboxylic acids is 1. The maximum atomic E-state index is 11.8. The first-order valence-corrected chi connectivity index (χ1v) is 6.41. The van der Waals surface area contributed by atoms with Gasteiger partial charge in [-0.3, -0.25) is 0 Å². The summed E-state index contributed by atoms with van der Waals surface area (Å²) in [6, 6.07) is 9.48. The summed E-state index contributed by atoms with van der Waals surface area (Å²) in [7, 11) is 1.44. The van der Waals surface area contributed by atoms with Gasteiger partial charge in [-0.25, -0.2) is 4.79 Å². The van der Waals surface area contributed by atoms with Crippen LogP contribution in [0.1, 0.15) is 12.8 Å². The SMILES string of the molecule is COC(=O)[C@H](CN1CCCC1)Nc1ccccc1. The van der Waals surface area contributed by atoms with Gasteiger partial charge >= 0.3 is 5.97 Å². The van der Waals surface area contributed by atoms with E-state index < -0.39 is 0 Å². The summed E-state index contributed by atoms with van der Waals surface area (Å²) < 4.78 is 4.87. The molecule has 0 aromatic heterocycles. The maximum absolute atomic E-state index is 11.8. The Labute approximate surface area is 108 Å². The first-order chi connectivity index (χ1) is 8.79. The zero-order valence-corrected chi connectivity index (χ0v) is 10.8. The number of hydrogen-bond donors (Lipinski definition) is 1. The number of para-hydroxylation sites is 1. The van der Waals surface area contributed by atoms with Crippen LogP contribution in [-0.2, 0) is 9.53 Å². The molecule has 0 amide bonds. The molecule has 1 heterocycles. The summed E-state index contributed by atoms with van der Waals surface area (Å²) in [5, 5.41) is 3.24. The van der Waals surface area contributed by atoms with Crippen molar-refractivity contribution in [3.63, 3.8) is 0 Å². The largest absolute Gasteiger partial charge is 0.467 e. The molecule has 0 bridgehead atoms. The molecule has 18 heavy (non-hydrogen) atoms. The lowest BCUT2D eigenvalue weighted by molar-refractivity contribution is -0.141. The molecule has 1 saturated heterocycles. The standard InChI is InChI=1S/C14H20N2O2/c1-18-14(17)13(11-16-9-5-6-10-16)15-12-7-3-2-4-8-12/h2-4,7-8,13,15H,5-6,9-11H2,1H3/t13-/m0/s1. The van der Waals surface area contributed by atoms with Crippen molar-refractivity contribution in [2.24, 2.45) is 0 Å². The number of likely N-dealkylation sites (tertiary alicyclic amines) is 1. The van der Waals surface area contributed by atoms with Crippen molar-refractivity contribution in [3.8, 4) is 0 Å². The molecule has 0 saturated carbocycles. The number of nitrogens with one attached hydrogen (secondary N) is 1. The number of ether oxygens (including phenoxy) is 1. The van der Waals surface area contributed by atoms with Crippen LogP contribution in [0.2, 0.25) is 0 Å². The van der Waals surface area contributed by atoms with E-state index >= 15 is 0 Å². The zero-order valence-electron chi connectivity index (χ0n) is 10.8. The van der Waals surface area contributed by atoms with Gasteiger partial charge in [-0.2, -0.15) is 0 Å². The fourth-order valence-corrected chi connectivity index (χ4v) is 2.28. The number of nitrogens with zero attached hydrogens (tertiary/aromatic N) is 1. The molecule has 0 spiro atoms. The second-order valence-corrected chi connectivity index (χ2v) is 4.59. The van der Waals surface area contributed by atoms with E-state index in [0.717, 1.165) is 18.8 Å². The molecule has 0 unspecified atom stereocenters. The van der Waals surface area contributed by atoms with E-state index in [1.54, 1.807) is 0 Å². The molecule has 1 aliphatic rings. The highest BCUT2D eigenvalue weighted by Crippen LogP contribution is 2.12. The lowest BCUT2D eigenvalue weighted by Gasteiger charge is -2.23. The number of benzene rings is 1. The van der Waals surface area contributed by atoms with Crippen LogP contribution in [0, 0.1) is 0 Å². The molecule has 2 rings (SSSR count). The normalized spacial score (nSPS) is 17.4. The summed E-state index contributed by atoms with van der Waals surface area (Å²) >= 11 is 0. The molecule has 4 heteroatoms. The summed E-state index contributed by atoms with van der Waals surface area (Å²) in [4.78, 5) is 14.1. The monoisotopic (exact) mass is 248 g/mol. The Hall–Kier alpha value is -1.55. The van der Waals surface area contributed by atoms with Crippen molar-refractivity contribution in [1.82, 2.24) is 4.90 Å². The highest BCUT2D eigenvalue weighted by Gasteiger charge is 2.23. The fourth-order valence-electron chi connectivity index (χ4n) is 2.28. The molecular weight excluding hydrogens is 228 g/mol. The van der Waals surface area contributed by atoms with Crippen molar-refractivity contribution >= 4 is 11.7 Å². The van der Waals surface area contributed by atoms with Gasteiger partial charge in [-0.1, -0.05) is 18.2 Å². The highest BCUT2D eigenvalue weighted by molar-refractivity contribution is 5.79. The number of anilines is 1. The number of rotatable bonds is 5. The average Bonchev–Trinajstić information content (AvgIpc) is 2.91. The topological polar surface area (TPSA) is 41.6 Å². The number of hydrogen-bond acceptors (Lipinski definition) is 4. The molecule has 1 aromatic carbocycles. The lowest BCUT2D eigenvalue weighted by Crippen LogP contribution is -2.41. The predicted molar refractivity (Wildman–Crippen MR) is 71.5 cm³/mol. The Morgan fingerprint density at radius 3 is 2.61 bits per heavy atom. The molecule has 0 radical (unpaired) electrons. The molecule has 1 aromatic rings. The minimum atomic E-state index is -0.296. The summed E-state index contributed by atoms with van der Waals surface area (Å²) in [5.74, 6) is -0.203. The zero-order chi connectivity index (χ0) is 12.8. The molecule has 1 aliphatic heterocycles. The van der Waals surface area contributed by atoms with Gasteiger partial charge < -0.3 is 15.0 Å². The third-order valence-corrected chi connectivity index (χ3v) is 3.24. The smallest absolute Gasteiger partial charge is 0.329 e. The fraction of sp³-hybridized carbons (Fsp3) is 0.500. The van der Waals surface area contributed by atoms with Crippen molar-refractivity contribution in [1.29, 1.82) is 0 Å². The summed E-state index contributed by atoms with van der Waals surface area (Å²) in [6.07, 6.45) is 2.44. The van der Waals surface area contributed by atoms with Gasteiger partial charge in [0.2, 0.25) is 0 Å². The summed E-state index contributed by atoms with van der Waals surface area (Å²) in [5.41, 5.74) is 0.951. The molecule has 1 atom stereocenters. The van der Waals surface area contributed by atoms with Crippen LogP contribution >= 0.6 is 0 Å². The van der Waals surface area contributed by atoms with Crippen LogP contribution in [0.3, 0.4) is 0 Å². The van der Waals surface area contributed by atoms with E-state index in [2.05, 4.69) is 10.2 Å². The first-order valence-electron chi connectivity index (χ1n) is 6.41. The van der Waals surface area contributed by atoms with Gasteiger partial charge in [-0.15, -0.1) is 0 Å². The van der Waals surface area contributed by atoms with E-state index in [0.29, 0.717) is 6.54 Å². The third-order valence-electron chi connectivity index (χ3n) is 3.24. The number of esters is 1. The van der Waals surface area contributed by atoms with E-state index in [-0.39, 0.29) is 12.0 Å². The second-order valence-electron chi connectivity index (χ2n) is 4.59. The second kappa shape index (κ2) is 6.40. The van der Waals surface area contributed by atoms with Crippen LogP contribution in [0.15, 0.2) is 30.3 Å². The number of methoxy groups -OCH3 is 1. The van der Waals surface area contributed by atoms with Gasteiger partial charge in [-0.05, 0) is 38.1 Å². The predicted octanol–water partition coefficient (Wildman–Crippen LogP) is 1.74. The van der Waals surface area contributed by atoms with E-state index in [1.807, 2.05) is 30.3 Å². The van der Waals surface area contributed by atoms with Crippen LogP contribution < -0.4 is 5.32 Å². The van der Waals surface area contributed by atoms with Crippen LogP contribution in [0.25, 0.3) is 0 Å². The van der Waals surface area contributed by atoms with E-state index in [9.17, 15) is 4.79 Å². The van der Waals surface area contributed by atoms with Gasteiger partial charge in [0.1, 0.15) is 6.04 Å². The highest BCUT2D eigenvalue weighted by atomic mass is 16.5. The number of carbonyl (C=O) groups is 1. The average molecular weight is 248 g/mol. The first kappa shape index (κ1) is 12.9. The maximum Gasteiger partial charge on any atom is 0.329 e. The minimum absolute atomic E-state index is 0.203. The van der Waals surface area contributed by atoms with Crippen molar-refractivity contribution < 1.29 is 9.53 Å². The molecule has 1 fully saturated rings. The Balaban J connectivity index is 1.98. The quantitative estimate of drug-likeness (QED) is 0.806. The van der Waals surface area contributed by atoms with Crippen LogP contribution in [-0.4, -0.2) is 43.7 Å². The summed E-state index contributed by atoms with van der Waals surface area (Å²) in [6.45, 7) is 2.86.